The van der Waals surface area contributed by atoms with Crippen molar-refractivity contribution >= 4 is 46.6 Å². The lowest BCUT2D eigenvalue weighted by Crippen LogP contribution is -2.21. The molecule has 1 aromatic carbocycles. The molecular formula is C17H20Cl2N6S. The molecule has 1 aliphatic heterocycles. The Morgan fingerprint density at radius 2 is 2.00 bits per heavy atom. The van der Waals surface area contributed by atoms with Crippen molar-refractivity contribution in [2.75, 3.05) is 37.8 Å². The lowest BCUT2D eigenvalue weighted by Gasteiger charge is -2.22. The van der Waals surface area contributed by atoms with Crippen molar-refractivity contribution < 1.29 is 0 Å². The van der Waals surface area contributed by atoms with E-state index in [2.05, 4.69) is 15.6 Å². The first-order valence-corrected chi connectivity index (χ1v) is 9.86. The van der Waals surface area contributed by atoms with Gasteiger partial charge in [0.25, 0.3) is 0 Å². The molecular weight excluding hydrogens is 391 g/mol. The molecule has 2 aromatic rings. The summed E-state index contributed by atoms with van der Waals surface area (Å²) in [5.41, 5.74) is 16.2. The third-order valence-corrected chi connectivity index (χ3v) is 5.81. The van der Waals surface area contributed by atoms with Crippen LogP contribution >= 0.6 is 35.0 Å². The summed E-state index contributed by atoms with van der Waals surface area (Å²) in [6.07, 6.45) is 0. The van der Waals surface area contributed by atoms with E-state index in [0.717, 1.165) is 39.7 Å². The summed E-state index contributed by atoms with van der Waals surface area (Å²) in [5.74, 6) is 1.28. The Bertz CT molecular complexity index is 855. The SMILES string of the molecule is CNCCNc1nc2c(c(-c3ccc(Cl)c(Cl)c3)n1)C(N)=C(CN)CS2. The predicted molar refractivity (Wildman–Crippen MR) is 111 cm³/mol. The second-order valence-corrected chi connectivity index (χ2v) is 7.52. The van der Waals surface area contributed by atoms with Crippen LogP contribution in [0.1, 0.15) is 5.56 Å². The van der Waals surface area contributed by atoms with E-state index in [-0.39, 0.29) is 0 Å². The Kier molecular flexibility index (Phi) is 6.26. The van der Waals surface area contributed by atoms with E-state index >= 15 is 0 Å². The number of thioether (sulfide) groups is 1. The van der Waals surface area contributed by atoms with E-state index in [1.165, 1.54) is 0 Å². The van der Waals surface area contributed by atoms with E-state index < -0.39 is 0 Å². The van der Waals surface area contributed by atoms with Crippen LogP contribution in [0.4, 0.5) is 5.95 Å². The fourth-order valence-corrected chi connectivity index (χ4v) is 3.98. The Labute approximate surface area is 166 Å². The Morgan fingerprint density at radius 1 is 1.19 bits per heavy atom. The van der Waals surface area contributed by atoms with Gasteiger partial charge in [0.2, 0.25) is 5.95 Å². The molecule has 26 heavy (non-hydrogen) atoms. The Morgan fingerprint density at radius 3 is 2.69 bits per heavy atom. The van der Waals surface area contributed by atoms with E-state index in [0.29, 0.717) is 34.8 Å². The average Bonchev–Trinajstić information content (AvgIpc) is 2.64. The zero-order chi connectivity index (χ0) is 18.7. The van der Waals surface area contributed by atoms with Gasteiger partial charge in [0.05, 0.1) is 21.3 Å². The van der Waals surface area contributed by atoms with Crippen LogP contribution in [0.2, 0.25) is 10.0 Å². The maximum absolute atomic E-state index is 6.40. The molecule has 0 saturated heterocycles. The van der Waals surface area contributed by atoms with Gasteiger partial charge in [0.15, 0.2) is 0 Å². The van der Waals surface area contributed by atoms with Crippen molar-refractivity contribution in [2.24, 2.45) is 11.5 Å². The standard InChI is InChI=1S/C17H20Cl2N6S/c1-22-4-5-23-17-24-15(9-2-3-11(18)12(19)6-9)13-14(21)10(7-20)8-26-16(13)25-17/h2-3,6,22H,4-5,7-8,20-21H2,1H3,(H,23,24,25). The number of aromatic nitrogens is 2. The molecule has 0 fully saturated rings. The molecule has 6 nitrogen and oxygen atoms in total. The largest absolute Gasteiger partial charge is 0.398 e. The van der Waals surface area contributed by atoms with Gasteiger partial charge >= 0.3 is 0 Å². The normalized spacial score (nSPS) is 13.7. The number of fused-ring (bicyclic) bond motifs is 1. The third-order valence-electron chi connectivity index (χ3n) is 4.01. The number of nitrogens with zero attached hydrogens (tertiary/aromatic N) is 2. The molecule has 138 valence electrons. The van der Waals surface area contributed by atoms with Crippen molar-refractivity contribution in [3.8, 4) is 11.3 Å². The highest BCUT2D eigenvalue weighted by Gasteiger charge is 2.24. The van der Waals surface area contributed by atoms with Crippen LogP contribution in [0, 0.1) is 0 Å². The second kappa shape index (κ2) is 8.45. The highest BCUT2D eigenvalue weighted by Crippen LogP contribution is 2.40. The van der Waals surface area contributed by atoms with Crippen molar-refractivity contribution in [1.82, 2.24) is 15.3 Å². The van der Waals surface area contributed by atoms with Gasteiger partial charge in [0.1, 0.15) is 5.03 Å². The number of nitrogens with two attached hydrogens (primary N) is 2. The zero-order valence-electron chi connectivity index (χ0n) is 14.3. The second-order valence-electron chi connectivity index (χ2n) is 5.75. The molecule has 0 aliphatic carbocycles. The summed E-state index contributed by atoms with van der Waals surface area (Å²) in [4.78, 5) is 9.33. The van der Waals surface area contributed by atoms with Crippen LogP contribution in [0.25, 0.3) is 17.0 Å². The van der Waals surface area contributed by atoms with Crippen molar-refractivity contribution in [2.45, 2.75) is 5.03 Å². The van der Waals surface area contributed by atoms with Crippen LogP contribution in [-0.2, 0) is 0 Å². The number of benzene rings is 1. The highest BCUT2D eigenvalue weighted by atomic mass is 35.5. The predicted octanol–water partition coefficient (Wildman–Crippen LogP) is 2.82. The quantitative estimate of drug-likeness (QED) is 0.428. The van der Waals surface area contributed by atoms with E-state index in [1.807, 2.05) is 13.1 Å². The topological polar surface area (TPSA) is 102 Å². The number of hydrogen-bond acceptors (Lipinski definition) is 7. The minimum Gasteiger partial charge on any atom is -0.398 e. The molecule has 9 heteroatoms. The Hall–Kier alpha value is -1.51. The molecule has 0 unspecified atom stereocenters. The van der Waals surface area contributed by atoms with Gasteiger partial charge in [-0.05, 0) is 24.8 Å². The molecule has 1 aromatic heterocycles. The average molecular weight is 411 g/mol. The fraction of sp³-hybridized carbons (Fsp3) is 0.294. The minimum absolute atomic E-state index is 0.404. The lowest BCUT2D eigenvalue weighted by molar-refractivity contribution is 0.815. The lowest BCUT2D eigenvalue weighted by atomic mass is 10.0. The molecule has 3 rings (SSSR count). The van der Waals surface area contributed by atoms with Crippen LogP contribution in [0.5, 0.6) is 0 Å². The number of nitrogens with one attached hydrogen (secondary N) is 2. The van der Waals surface area contributed by atoms with E-state index in [9.17, 15) is 0 Å². The number of likely N-dealkylation sites (N-methyl/N-ethyl adjacent to an activating group) is 1. The maximum atomic E-state index is 6.40. The summed E-state index contributed by atoms with van der Waals surface area (Å²) in [6, 6.07) is 5.42. The molecule has 2 heterocycles. The number of hydrogen-bond donors (Lipinski definition) is 4. The van der Waals surface area contributed by atoms with Gasteiger partial charge in [-0.2, -0.15) is 0 Å². The fourth-order valence-electron chi connectivity index (χ4n) is 2.60. The first-order valence-electron chi connectivity index (χ1n) is 8.11. The van der Waals surface area contributed by atoms with E-state index in [4.69, 9.17) is 39.7 Å². The van der Waals surface area contributed by atoms with Gasteiger partial charge in [-0.15, -0.1) is 11.8 Å². The first kappa shape index (κ1) is 19.3. The summed E-state index contributed by atoms with van der Waals surface area (Å²) >= 11 is 13.9. The maximum Gasteiger partial charge on any atom is 0.224 e. The highest BCUT2D eigenvalue weighted by molar-refractivity contribution is 7.99. The molecule has 1 aliphatic rings. The molecule has 0 bridgehead atoms. The van der Waals surface area contributed by atoms with Crippen LogP contribution in [0.15, 0.2) is 28.8 Å². The van der Waals surface area contributed by atoms with Crippen LogP contribution < -0.4 is 22.1 Å². The van der Waals surface area contributed by atoms with Gasteiger partial charge < -0.3 is 22.1 Å². The molecule has 0 radical (unpaired) electrons. The van der Waals surface area contributed by atoms with Gasteiger partial charge in [-0.3, -0.25) is 0 Å². The molecule has 0 spiro atoms. The van der Waals surface area contributed by atoms with E-state index in [1.54, 1.807) is 23.9 Å². The number of halogens is 2. The van der Waals surface area contributed by atoms with Gasteiger partial charge in [0, 0.05) is 36.6 Å². The first-order chi connectivity index (χ1) is 12.5. The zero-order valence-corrected chi connectivity index (χ0v) is 16.6. The third kappa shape index (κ3) is 3.92. The van der Waals surface area contributed by atoms with Crippen LogP contribution in [-0.4, -0.2) is 42.4 Å². The monoisotopic (exact) mass is 410 g/mol. The molecule has 6 N–H and O–H groups in total. The van der Waals surface area contributed by atoms with Crippen molar-refractivity contribution in [3.05, 3.63) is 39.4 Å². The summed E-state index contributed by atoms with van der Waals surface area (Å²) in [5, 5.41) is 8.11. The summed E-state index contributed by atoms with van der Waals surface area (Å²) in [7, 11) is 1.90. The molecule has 0 atom stereocenters. The van der Waals surface area contributed by atoms with Crippen LogP contribution in [0.3, 0.4) is 0 Å². The number of rotatable bonds is 6. The number of anilines is 1. The minimum atomic E-state index is 0.404. The van der Waals surface area contributed by atoms with Gasteiger partial charge in [-0.1, -0.05) is 29.3 Å². The summed E-state index contributed by atoms with van der Waals surface area (Å²) in [6.45, 7) is 1.91. The summed E-state index contributed by atoms with van der Waals surface area (Å²) < 4.78 is 0. The molecule has 0 amide bonds. The smallest absolute Gasteiger partial charge is 0.224 e. The Balaban J connectivity index is 2.14. The molecule has 0 saturated carbocycles. The van der Waals surface area contributed by atoms with Crippen molar-refractivity contribution in [3.63, 3.8) is 0 Å². The van der Waals surface area contributed by atoms with Gasteiger partial charge in [-0.25, -0.2) is 9.97 Å². The van der Waals surface area contributed by atoms with Crippen molar-refractivity contribution in [1.29, 1.82) is 0 Å².